The summed E-state index contributed by atoms with van der Waals surface area (Å²) in [6.45, 7) is 4.17. The van der Waals surface area contributed by atoms with Crippen LogP contribution in [-0.4, -0.2) is 33.5 Å². The fraction of sp³-hybridized carbons (Fsp3) is 0.462. The van der Waals surface area contributed by atoms with Crippen molar-refractivity contribution in [1.29, 1.82) is 0 Å². The molecule has 0 aliphatic rings. The number of nitro groups is 1. The predicted octanol–water partition coefficient (Wildman–Crippen LogP) is 3.04. The van der Waals surface area contributed by atoms with Crippen molar-refractivity contribution < 1.29 is 14.8 Å². The maximum absolute atomic E-state index is 10.9. The minimum atomic E-state index is -0.910. The van der Waals surface area contributed by atoms with Gasteiger partial charge in [-0.2, -0.15) is 0 Å². The Hall–Kier alpha value is -1.47. The van der Waals surface area contributed by atoms with Crippen molar-refractivity contribution in [2.45, 2.75) is 32.9 Å². The first-order valence-electron chi connectivity index (χ1n) is 6.24. The van der Waals surface area contributed by atoms with Gasteiger partial charge in [0.1, 0.15) is 0 Å². The molecule has 0 aromatic heterocycles. The number of nitrogens with zero attached hydrogens (tertiary/aromatic N) is 2. The maximum Gasteiger partial charge on any atom is 0.317 e. The first-order chi connectivity index (χ1) is 9.36. The number of hydrogen-bond acceptors (Lipinski definition) is 4. The van der Waals surface area contributed by atoms with E-state index in [9.17, 15) is 14.9 Å². The molecule has 7 heteroatoms. The van der Waals surface area contributed by atoms with Gasteiger partial charge >= 0.3 is 5.97 Å². The van der Waals surface area contributed by atoms with Crippen LogP contribution in [0.15, 0.2) is 22.7 Å². The minimum absolute atomic E-state index is 0.0121. The van der Waals surface area contributed by atoms with Gasteiger partial charge in [-0.3, -0.25) is 19.8 Å². The van der Waals surface area contributed by atoms with Crippen molar-refractivity contribution in [3.63, 3.8) is 0 Å². The largest absolute Gasteiger partial charge is 0.480 e. The highest BCUT2D eigenvalue weighted by atomic mass is 79.9. The van der Waals surface area contributed by atoms with Crippen LogP contribution >= 0.6 is 15.9 Å². The lowest BCUT2D eigenvalue weighted by Gasteiger charge is -2.27. The maximum atomic E-state index is 10.9. The Morgan fingerprint density at radius 3 is 2.70 bits per heavy atom. The summed E-state index contributed by atoms with van der Waals surface area (Å²) in [5.74, 6) is -0.910. The first-order valence-corrected chi connectivity index (χ1v) is 7.03. The number of hydrogen-bond donors (Lipinski definition) is 1. The number of carboxylic acids is 1. The number of nitro benzene ring substituents is 1. The van der Waals surface area contributed by atoms with Crippen molar-refractivity contribution >= 4 is 27.6 Å². The second-order valence-electron chi connectivity index (χ2n) is 4.56. The van der Waals surface area contributed by atoms with Gasteiger partial charge in [0, 0.05) is 18.7 Å². The van der Waals surface area contributed by atoms with E-state index in [1.807, 2.05) is 13.8 Å². The summed E-state index contributed by atoms with van der Waals surface area (Å²) >= 11 is 3.23. The molecule has 1 rings (SSSR count). The van der Waals surface area contributed by atoms with Gasteiger partial charge in [-0.05, 0) is 34.8 Å². The van der Waals surface area contributed by atoms with Gasteiger partial charge in [-0.25, -0.2) is 0 Å². The molecule has 1 aromatic carbocycles. The Morgan fingerprint density at radius 1 is 1.55 bits per heavy atom. The third-order valence-corrected chi connectivity index (χ3v) is 4.10. The topological polar surface area (TPSA) is 83.7 Å². The fourth-order valence-corrected chi connectivity index (χ4v) is 2.38. The van der Waals surface area contributed by atoms with E-state index in [4.69, 9.17) is 5.11 Å². The molecule has 20 heavy (non-hydrogen) atoms. The molecule has 0 spiro atoms. The second-order valence-corrected chi connectivity index (χ2v) is 5.36. The number of benzene rings is 1. The van der Waals surface area contributed by atoms with E-state index in [-0.39, 0.29) is 18.3 Å². The van der Waals surface area contributed by atoms with E-state index in [0.29, 0.717) is 16.6 Å². The van der Waals surface area contributed by atoms with Crippen molar-refractivity contribution in [3.8, 4) is 0 Å². The van der Waals surface area contributed by atoms with Crippen LogP contribution in [0.4, 0.5) is 5.69 Å². The molecule has 1 atom stereocenters. The summed E-state index contributed by atoms with van der Waals surface area (Å²) in [6, 6.07) is 4.86. The lowest BCUT2D eigenvalue weighted by molar-refractivity contribution is -0.385. The zero-order chi connectivity index (χ0) is 15.3. The molecule has 0 bridgehead atoms. The van der Waals surface area contributed by atoms with Crippen LogP contribution in [0.1, 0.15) is 25.8 Å². The Morgan fingerprint density at radius 2 is 2.20 bits per heavy atom. The van der Waals surface area contributed by atoms with Gasteiger partial charge < -0.3 is 5.11 Å². The molecule has 0 heterocycles. The summed E-state index contributed by atoms with van der Waals surface area (Å²) in [5.41, 5.74) is 0.697. The smallest absolute Gasteiger partial charge is 0.317 e. The molecule has 0 amide bonds. The van der Waals surface area contributed by atoms with Gasteiger partial charge in [0.25, 0.3) is 5.69 Å². The van der Waals surface area contributed by atoms with Gasteiger partial charge in [0.2, 0.25) is 0 Å². The predicted molar refractivity (Wildman–Crippen MR) is 78.6 cm³/mol. The average molecular weight is 345 g/mol. The summed E-state index contributed by atoms with van der Waals surface area (Å²) in [5, 5.41) is 19.9. The van der Waals surface area contributed by atoms with Crippen LogP contribution in [0.5, 0.6) is 0 Å². The molecule has 1 unspecified atom stereocenters. The fourth-order valence-electron chi connectivity index (χ4n) is 1.85. The van der Waals surface area contributed by atoms with Gasteiger partial charge in [-0.15, -0.1) is 0 Å². The molecule has 0 aliphatic carbocycles. The first kappa shape index (κ1) is 16.6. The zero-order valence-electron chi connectivity index (χ0n) is 11.4. The van der Waals surface area contributed by atoms with Gasteiger partial charge in [0.15, 0.2) is 0 Å². The minimum Gasteiger partial charge on any atom is -0.480 e. The van der Waals surface area contributed by atoms with E-state index in [1.54, 1.807) is 17.0 Å². The van der Waals surface area contributed by atoms with Crippen LogP contribution in [0.2, 0.25) is 0 Å². The number of halogens is 1. The second kappa shape index (κ2) is 7.35. The lowest BCUT2D eigenvalue weighted by atomic mass is 10.1. The molecule has 1 aromatic rings. The molecule has 0 radical (unpaired) electrons. The third kappa shape index (κ3) is 4.28. The van der Waals surface area contributed by atoms with E-state index >= 15 is 0 Å². The monoisotopic (exact) mass is 344 g/mol. The van der Waals surface area contributed by atoms with Crippen molar-refractivity contribution in [2.24, 2.45) is 0 Å². The average Bonchev–Trinajstić information content (AvgIpc) is 2.38. The van der Waals surface area contributed by atoms with Crippen molar-refractivity contribution in [1.82, 2.24) is 4.90 Å². The van der Waals surface area contributed by atoms with E-state index < -0.39 is 10.9 Å². The highest BCUT2D eigenvalue weighted by Gasteiger charge is 2.20. The Kier molecular flexibility index (Phi) is 6.09. The molecule has 0 saturated carbocycles. The number of rotatable bonds is 7. The zero-order valence-corrected chi connectivity index (χ0v) is 13.0. The molecule has 0 aliphatic heterocycles. The van der Waals surface area contributed by atoms with Crippen LogP contribution in [0.25, 0.3) is 0 Å². The van der Waals surface area contributed by atoms with Crippen molar-refractivity contribution in [2.75, 3.05) is 6.54 Å². The molecule has 6 nitrogen and oxygen atoms in total. The van der Waals surface area contributed by atoms with Gasteiger partial charge in [0.05, 0.1) is 15.9 Å². The van der Waals surface area contributed by atoms with Crippen molar-refractivity contribution in [3.05, 3.63) is 38.3 Å². The highest BCUT2D eigenvalue weighted by molar-refractivity contribution is 9.10. The SMILES string of the molecule is CCC(C)N(CC(=O)O)Cc1cccc([N+](=O)[O-])c1Br. The summed E-state index contributed by atoms with van der Waals surface area (Å²) in [6.07, 6.45) is 0.805. The summed E-state index contributed by atoms with van der Waals surface area (Å²) in [7, 11) is 0. The highest BCUT2D eigenvalue weighted by Crippen LogP contribution is 2.29. The molecular formula is C13H17BrN2O4. The van der Waals surface area contributed by atoms with Gasteiger partial charge in [-0.1, -0.05) is 19.1 Å². The Bertz CT molecular complexity index is 507. The molecule has 0 saturated heterocycles. The number of carboxylic acid groups (broad SMARTS) is 1. The quantitative estimate of drug-likeness (QED) is 0.607. The van der Waals surface area contributed by atoms with E-state index in [2.05, 4.69) is 15.9 Å². The van der Waals surface area contributed by atoms with E-state index in [1.165, 1.54) is 6.07 Å². The standard InChI is InChI=1S/C13H17BrN2O4/c1-3-9(2)15(8-12(17)18)7-10-5-4-6-11(13(10)14)16(19)20/h4-6,9H,3,7-8H2,1-2H3,(H,17,18). The molecule has 110 valence electrons. The number of carbonyl (C=O) groups is 1. The Balaban J connectivity index is 3.02. The summed E-state index contributed by atoms with van der Waals surface area (Å²) in [4.78, 5) is 23.1. The summed E-state index contributed by atoms with van der Waals surface area (Å²) < 4.78 is 0.406. The Labute approximate surface area is 125 Å². The molecule has 1 N–H and O–H groups in total. The lowest BCUT2D eigenvalue weighted by Crippen LogP contribution is -2.36. The number of aliphatic carboxylic acids is 1. The van der Waals surface area contributed by atoms with Crippen LogP contribution in [0.3, 0.4) is 0 Å². The van der Waals surface area contributed by atoms with Crippen LogP contribution in [-0.2, 0) is 11.3 Å². The molecular weight excluding hydrogens is 328 g/mol. The molecule has 0 fully saturated rings. The van der Waals surface area contributed by atoms with E-state index in [0.717, 1.165) is 6.42 Å². The van der Waals surface area contributed by atoms with Crippen LogP contribution < -0.4 is 0 Å². The third-order valence-electron chi connectivity index (χ3n) is 3.18. The van der Waals surface area contributed by atoms with Crippen LogP contribution in [0, 0.1) is 10.1 Å². The normalized spacial score (nSPS) is 12.4.